The van der Waals surface area contributed by atoms with E-state index in [-0.39, 0.29) is 16.5 Å². The van der Waals surface area contributed by atoms with Gasteiger partial charge in [0.1, 0.15) is 11.2 Å². The Morgan fingerprint density at radius 1 is 1.24 bits per heavy atom. The standard InChI is InChI=1S/C14H14ClN3O2S/c15-12-3-1-2-4-14(12)21(19,20)18-8-11-7-13(10-5-6-10)17-9-16-11/h1-4,7,9-10,18H,5-6,8H2. The molecule has 0 atom stereocenters. The summed E-state index contributed by atoms with van der Waals surface area (Å²) < 4.78 is 27.0. The lowest BCUT2D eigenvalue weighted by molar-refractivity contribution is 0.580. The number of hydrogen-bond donors (Lipinski definition) is 1. The van der Waals surface area contributed by atoms with E-state index in [2.05, 4.69) is 14.7 Å². The fourth-order valence-corrected chi connectivity index (χ4v) is 3.54. The van der Waals surface area contributed by atoms with Crippen molar-refractivity contribution in [3.8, 4) is 0 Å². The van der Waals surface area contributed by atoms with Gasteiger partial charge in [0.05, 0.1) is 17.3 Å². The van der Waals surface area contributed by atoms with E-state index in [4.69, 9.17) is 11.6 Å². The average Bonchev–Trinajstić information content (AvgIpc) is 3.31. The largest absolute Gasteiger partial charge is 0.242 e. The van der Waals surface area contributed by atoms with Gasteiger partial charge in [-0.15, -0.1) is 0 Å². The maximum absolute atomic E-state index is 12.2. The van der Waals surface area contributed by atoms with Crippen LogP contribution in [0.4, 0.5) is 0 Å². The van der Waals surface area contributed by atoms with Gasteiger partial charge in [0, 0.05) is 11.6 Å². The number of benzene rings is 1. The number of nitrogens with one attached hydrogen (secondary N) is 1. The molecular formula is C14H14ClN3O2S. The fourth-order valence-electron chi connectivity index (χ4n) is 2.02. The molecule has 3 rings (SSSR count). The van der Waals surface area contributed by atoms with Crippen LogP contribution in [0.5, 0.6) is 0 Å². The monoisotopic (exact) mass is 323 g/mol. The van der Waals surface area contributed by atoms with Gasteiger partial charge in [0.15, 0.2) is 0 Å². The van der Waals surface area contributed by atoms with E-state index in [1.54, 1.807) is 18.2 Å². The van der Waals surface area contributed by atoms with Crippen LogP contribution in [0.3, 0.4) is 0 Å². The summed E-state index contributed by atoms with van der Waals surface area (Å²) in [5.74, 6) is 0.506. The van der Waals surface area contributed by atoms with Crippen molar-refractivity contribution in [1.82, 2.24) is 14.7 Å². The van der Waals surface area contributed by atoms with Gasteiger partial charge in [-0.3, -0.25) is 0 Å². The van der Waals surface area contributed by atoms with Crippen molar-refractivity contribution in [2.75, 3.05) is 0 Å². The molecule has 110 valence electrons. The van der Waals surface area contributed by atoms with Crippen LogP contribution in [0.1, 0.15) is 30.1 Å². The second-order valence-corrected chi connectivity index (χ2v) is 7.11. The molecule has 0 spiro atoms. The molecule has 0 amide bonds. The van der Waals surface area contributed by atoms with Gasteiger partial charge in [0.2, 0.25) is 10.0 Å². The Hall–Kier alpha value is -1.50. The third kappa shape index (κ3) is 3.40. The Labute approximate surface area is 128 Å². The van der Waals surface area contributed by atoms with Crippen molar-refractivity contribution in [3.05, 3.63) is 53.1 Å². The summed E-state index contributed by atoms with van der Waals surface area (Å²) >= 11 is 5.92. The first kappa shape index (κ1) is 14.4. The molecule has 0 radical (unpaired) electrons. The maximum atomic E-state index is 12.2. The Morgan fingerprint density at radius 3 is 2.71 bits per heavy atom. The number of hydrogen-bond acceptors (Lipinski definition) is 4. The predicted octanol–water partition coefficient (Wildman–Crippen LogP) is 2.49. The summed E-state index contributed by atoms with van der Waals surface area (Å²) in [6.45, 7) is 0.121. The topological polar surface area (TPSA) is 72.0 Å². The summed E-state index contributed by atoms with van der Waals surface area (Å²) in [5, 5.41) is 0.200. The molecule has 21 heavy (non-hydrogen) atoms. The molecule has 0 aliphatic heterocycles. The van der Waals surface area contributed by atoms with Gasteiger partial charge >= 0.3 is 0 Å². The highest BCUT2D eigenvalue weighted by Crippen LogP contribution is 2.38. The Morgan fingerprint density at radius 2 is 2.00 bits per heavy atom. The van der Waals surface area contributed by atoms with Gasteiger partial charge in [-0.2, -0.15) is 0 Å². The molecule has 2 aromatic rings. The first-order chi connectivity index (χ1) is 10.1. The molecule has 0 bridgehead atoms. The molecule has 7 heteroatoms. The van der Waals surface area contributed by atoms with Crippen molar-refractivity contribution in [1.29, 1.82) is 0 Å². The van der Waals surface area contributed by atoms with Gasteiger partial charge < -0.3 is 0 Å². The average molecular weight is 324 g/mol. The molecule has 1 aromatic carbocycles. The Kier molecular flexibility index (Phi) is 3.93. The number of halogens is 1. The highest BCUT2D eigenvalue weighted by molar-refractivity contribution is 7.89. The Bertz CT molecular complexity index is 760. The second kappa shape index (κ2) is 5.71. The fraction of sp³-hybridized carbons (Fsp3) is 0.286. The summed E-state index contributed by atoms with van der Waals surface area (Å²) in [6.07, 6.45) is 3.76. The van der Waals surface area contributed by atoms with Gasteiger partial charge in [-0.25, -0.2) is 23.1 Å². The zero-order valence-electron chi connectivity index (χ0n) is 11.2. The zero-order valence-corrected chi connectivity index (χ0v) is 12.7. The molecule has 1 N–H and O–H groups in total. The van der Waals surface area contributed by atoms with Crippen LogP contribution >= 0.6 is 11.6 Å². The summed E-state index contributed by atoms with van der Waals surface area (Å²) in [7, 11) is -3.65. The van der Waals surface area contributed by atoms with E-state index in [0.717, 1.165) is 18.5 Å². The predicted molar refractivity (Wildman–Crippen MR) is 79.5 cm³/mol. The van der Waals surface area contributed by atoms with Crippen molar-refractivity contribution in [3.63, 3.8) is 0 Å². The molecule has 1 aliphatic rings. The molecule has 1 aromatic heterocycles. The molecule has 5 nitrogen and oxygen atoms in total. The van der Waals surface area contributed by atoms with Crippen LogP contribution < -0.4 is 4.72 Å². The minimum absolute atomic E-state index is 0.0724. The number of sulfonamides is 1. The molecule has 1 heterocycles. The highest BCUT2D eigenvalue weighted by atomic mass is 35.5. The number of nitrogens with zero attached hydrogens (tertiary/aromatic N) is 2. The third-order valence-corrected chi connectivity index (χ3v) is 5.21. The highest BCUT2D eigenvalue weighted by Gasteiger charge is 2.25. The van der Waals surface area contributed by atoms with Crippen LogP contribution in [0, 0.1) is 0 Å². The van der Waals surface area contributed by atoms with E-state index in [9.17, 15) is 8.42 Å². The van der Waals surface area contributed by atoms with Gasteiger partial charge in [-0.05, 0) is 31.0 Å². The van der Waals surface area contributed by atoms with E-state index < -0.39 is 10.0 Å². The van der Waals surface area contributed by atoms with Crippen molar-refractivity contribution in [2.45, 2.75) is 30.2 Å². The summed E-state index contributed by atoms with van der Waals surface area (Å²) in [5.41, 5.74) is 1.64. The van der Waals surface area contributed by atoms with Gasteiger partial charge in [0.25, 0.3) is 0 Å². The SMILES string of the molecule is O=S(=O)(NCc1cc(C2CC2)ncn1)c1ccccc1Cl. The number of rotatable bonds is 5. The first-order valence-corrected chi connectivity index (χ1v) is 8.47. The normalized spacial score (nSPS) is 15.1. The summed E-state index contributed by atoms with van der Waals surface area (Å²) in [6, 6.07) is 8.20. The minimum Gasteiger partial charge on any atom is -0.241 e. The van der Waals surface area contributed by atoms with E-state index >= 15 is 0 Å². The van der Waals surface area contributed by atoms with E-state index in [1.165, 1.54) is 12.4 Å². The van der Waals surface area contributed by atoms with Crippen molar-refractivity contribution < 1.29 is 8.42 Å². The van der Waals surface area contributed by atoms with Crippen LogP contribution in [-0.2, 0) is 16.6 Å². The van der Waals surface area contributed by atoms with E-state index in [1.807, 2.05) is 6.07 Å². The minimum atomic E-state index is -3.65. The van der Waals surface area contributed by atoms with Crippen molar-refractivity contribution in [2.24, 2.45) is 0 Å². The second-order valence-electron chi connectivity index (χ2n) is 4.96. The lowest BCUT2D eigenvalue weighted by Crippen LogP contribution is -2.24. The van der Waals surface area contributed by atoms with E-state index in [0.29, 0.717) is 11.6 Å². The lowest BCUT2D eigenvalue weighted by atomic mass is 10.2. The van der Waals surface area contributed by atoms with Crippen LogP contribution in [0.2, 0.25) is 5.02 Å². The molecule has 0 saturated heterocycles. The van der Waals surface area contributed by atoms with Crippen LogP contribution in [0.15, 0.2) is 41.6 Å². The lowest BCUT2D eigenvalue weighted by Gasteiger charge is -2.08. The molecule has 1 saturated carbocycles. The smallest absolute Gasteiger partial charge is 0.241 e. The first-order valence-electron chi connectivity index (χ1n) is 6.61. The maximum Gasteiger partial charge on any atom is 0.242 e. The molecule has 1 fully saturated rings. The van der Waals surface area contributed by atoms with Crippen molar-refractivity contribution >= 4 is 21.6 Å². The Balaban J connectivity index is 1.75. The molecule has 1 aliphatic carbocycles. The van der Waals surface area contributed by atoms with Gasteiger partial charge in [-0.1, -0.05) is 23.7 Å². The van der Waals surface area contributed by atoms with Crippen LogP contribution in [-0.4, -0.2) is 18.4 Å². The third-order valence-electron chi connectivity index (χ3n) is 3.31. The quantitative estimate of drug-likeness (QED) is 0.917. The van der Waals surface area contributed by atoms with Crippen LogP contribution in [0.25, 0.3) is 0 Å². The number of aromatic nitrogens is 2. The molecule has 0 unspecified atom stereocenters. The zero-order chi connectivity index (χ0) is 14.9. The summed E-state index contributed by atoms with van der Waals surface area (Å²) in [4.78, 5) is 8.38. The molecular weight excluding hydrogens is 310 g/mol.